The van der Waals surface area contributed by atoms with Crippen molar-refractivity contribution in [1.29, 1.82) is 0 Å². The van der Waals surface area contributed by atoms with E-state index in [9.17, 15) is 4.57 Å². The van der Waals surface area contributed by atoms with Gasteiger partial charge in [0.25, 0.3) is 0 Å². The van der Waals surface area contributed by atoms with Crippen LogP contribution in [0.25, 0.3) is 11.0 Å². The molecule has 2 rings (SSSR count). The number of aromatic nitrogens is 2. The average Bonchev–Trinajstić information content (AvgIpc) is 2.26. The summed E-state index contributed by atoms with van der Waals surface area (Å²) >= 11 is 0. The minimum absolute atomic E-state index is 0.338. The van der Waals surface area contributed by atoms with Crippen molar-refractivity contribution in [3.05, 3.63) is 30.1 Å². The summed E-state index contributed by atoms with van der Waals surface area (Å²) in [5, 5.41) is 0.887. The fraction of sp³-hybridized carbons (Fsp3) is 0.385. The van der Waals surface area contributed by atoms with E-state index >= 15 is 0 Å². The Morgan fingerprint density at radius 2 is 1.76 bits per heavy atom. The quantitative estimate of drug-likeness (QED) is 0.767. The first-order chi connectivity index (χ1) is 7.91. The van der Waals surface area contributed by atoms with E-state index in [0.717, 1.165) is 21.9 Å². The first-order valence-electron chi connectivity index (χ1n) is 5.70. The first-order valence-corrected chi connectivity index (χ1v) is 8.30. The molecule has 90 valence electrons. The van der Waals surface area contributed by atoms with Crippen molar-refractivity contribution < 1.29 is 4.57 Å². The van der Waals surface area contributed by atoms with Crippen LogP contribution in [0.1, 0.15) is 25.3 Å². The summed E-state index contributed by atoms with van der Waals surface area (Å²) in [7, 11) is -2.36. The smallest absolute Gasteiger partial charge is 0.112 e. The molecule has 0 radical (unpaired) electrons. The van der Waals surface area contributed by atoms with E-state index in [1.54, 1.807) is 25.7 Å². The zero-order valence-corrected chi connectivity index (χ0v) is 11.5. The van der Waals surface area contributed by atoms with Crippen LogP contribution in [0.3, 0.4) is 0 Å². The number of rotatable bonds is 2. The molecule has 4 heteroatoms. The highest BCUT2D eigenvalue weighted by molar-refractivity contribution is 7.70. The Labute approximate surface area is 102 Å². The Balaban J connectivity index is 2.90. The van der Waals surface area contributed by atoms with Gasteiger partial charge in [0.15, 0.2) is 0 Å². The van der Waals surface area contributed by atoms with E-state index in [0.29, 0.717) is 5.92 Å². The van der Waals surface area contributed by atoms with Crippen LogP contribution < -0.4 is 5.30 Å². The molecule has 0 aliphatic rings. The molecule has 0 bridgehead atoms. The molecule has 0 saturated heterocycles. The summed E-state index contributed by atoms with van der Waals surface area (Å²) < 4.78 is 12.5. The maximum atomic E-state index is 12.5. The van der Waals surface area contributed by atoms with E-state index in [1.807, 2.05) is 12.1 Å². The summed E-state index contributed by atoms with van der Waals surface area (Å²) in [4.78, 5) is 8.63. The third-order valence-corrected chi connectivity index (χ3v) is 4.35. The monoisotopic (exact) mass is 248 g/mol. The molecule has 1 aromatic heterocycles. The van der Waals surface area contributed by atoms with Crippen molar-refractivity contribution >= 4 is 23.5 Å². The van der Waals surface area contributed by atoms with Crippen molar-refractivity contribution in [3.8, 4) is 0 Å². The van der Waals surface area contributed by atoms with Crippen LogP contribution >= 0.6 is 7.14 Å². The van der Waals surface area contributed by atoms with Crippen LogP contribution in [-0.4, -0.2) is 23.3 Å². The average molecular weight is 248 g/mol. The Morgan fingerprint density at radius 3 is 2.35 bits per heavy atom. The van der Waals surface area contributed by atoms with Gasteiger partial charge in [-0.15, -0.1) is 0 Å². The molecule has 3 nitrogen and oxygen atoms in total. The maximum Gasteiger partial charge on any atom is 0.112 e. The molecule has 0 fully saturated rings. The fourth-order valence-electron chi connectivity index (χ4n) is 2.07. The van der Waals surface area contributed by atoms with Crippen LogP contribution in [0.2, 0.25) is 0 Å². The Hall–Kier alpha value is -1.21. The highest BCUT2D eigenvalue weighted by atomic mass is 31.2. The lowest BCUT2D eigenvalue weighted by molar-refractivity contribution is 0.588. The van der Waals surface area contributed by atoms with Gasteiger partial charge in [-0.3, -0.25) is 9.97 Å². The Bertz CT molecular complexity index is 601. The van der Waals surface area contributed by atoms with Crippen LogP contribution in [-0.2, 0) is 4.57 Å². The zero-order valence-electron chi connectivity index (χ0n) is 10.6. The summed E-state index contributed by atoms with van der Waals surface area (Å²) in [6, 6.07) is 3.98. The van der Waals surface area contributed by atoms with Gasteiger partial charge in [-0.1, -0.05) is 19.9 Å². The third-order valence-electron chi connectivity index (χ3n) is 2.81. The minimum Gasteiger partial charge on any atom is -0.319 e. The largest absolute Gasteiger partial charge is 0.319 e. The van der Waals surface area contributed by atoms with Gasteiger partial charge < -0.3 is 4.57 Å². The zero-order chi connectivity index (χ0) is 12.6. The van der Waals surface area contributed by atoms with Gasteiger partial charge in [-0.25, -0.2) is 0 Å². The topological polar surface area (TPSA) is 42.9 Å². The molecule has 0 aliphatic carbocycles. The van der Waals surface area contributed by atoms with E-state index in [-0.39, 0.29) is 0 Å². The Morgan fingerprint density at radius 1 is 1.12 bits per heavy atom. The van der Waals surface area contributed by atoms with Crippen LogP contribution in [0.5, 0.6) is 0 Å². The molecule has 0 unspecified atom stereocenters. The number of nitrogens with zero attached hydrogens (tertiary/aromatic N) is 2. The number of hydrogen-bond donors (Lipinski definition) is 0. The van der Waals surface area contributed by atoms with Crippen LogP contribution in [0, 0.1) is 0 Å². The predicted molar refractivity (Wildman–Crippen MR) is 72.7 cm³/mol. The molecule has 0 spiro atoms. The SMILES string of the molecule is CC(C)c1ccc2nccnc2c1P(C)(C)=O. The number of fused-ring (bicyclic) bond motifs is 1. The lowest BCUT2D eigenvalue weighted by atomic mass is 10.0. The highest BCUT2D eigenvalue weighted by Gasteiger charge is 2.22. The second-order valence-electron chi connectivity index (χ2n) is 4.93. The van der Waals surface area contributed by atoms with E-state index < -0.39 is 7.14 Å². The molecule has 0 aliphatic heterocycles. The van der Waals surface area contributed by atoms with Crippen molar-refractivity contribution in [3.63, 3.8) is 0 Å². The predicted octanol–water partition coefficient (Wildman–Crippen LogP) is 3.00. The summed E-state index contributed by atoms with van der Waals surface area (Å²) in [6.45, 7) is 7.80. The standard InChI is InChI=1S/C13H17N2OP/c1-9(2)10-5-6-11-12(15-8-7-14-11)13(10)17(3,4)16/h5-9H,1-4H3. The molecule has 1 heterocycles. The van der Waals surface area contributed by atoms with Gasteiger partial charge in [-0.05, 0) is 30.9 Å². The Kier molecular flexibility index (Phi) is 3.05. The molecule has 2 aromatic rings. The lowest BCUT2D eigenvalue weighted by Crippen LogP contribution is -2.14. The van der Waals surface area contributed by atoms with Crippen LogP contribution in [0.15, 0.2) is 24.5 Å². The minimum atomic E-state index is -2.36. The van der Waals surface area contributed by atoms with Crippen molar-refractivity contribution in [2.75, 3.05) is 13.3 Å². The van der Waals surface area contributed by atoms with Gasteiger partial charge in [0.2, 0.25) is 0 Å². The van der Waals surface area contributed by atoms with E-state index in [1.165, 1.54) is 0 Å². The molecule has 1 aromatic carbocycles. The van der Waals surface area contributed by atoms with Gasteiger partial charge in [0.05, 0.1) is 11.0 Å². The van der Waals surface area contributed by atoms with Gasteiger partial charge >= 0.3 is 0 Å². The second kappa shape index (κ2) is 4.23. The molecule has 0 atom stereocenters. The lowest BCUT2D eigenvalue weighted by Gasteiger charge is -2.17. The molecule has 17 heavy (non-hydrogen) atoms. The highest BCUT2D eigenvalue weighted by Crippen LogP contribution is 2.40. The summed E-state index contributed by atoms with van der Waals surface area (Å²) in [5.41, 5.74) is 2.72. The molecular formula is C13H17N2OP. The van der Waals surface area contributed by atoms with Crippen LogP contribution in [0.4, 0.5) is 0 Å². The van der Waals surface area contributed by atoms with Crippen molar-refractivity contribution in [1.82, 2.24) is 9.97 Å². The van der Waals surface area contributed by atoms with Crippen molar-refractivity contribution in [2.45, 2.75) is 19.8 Å². The first kappa shape index (κ1) is 12.3. The molecule has 0 N–H and O–H groups in total. The van der Waals surface area contributed by atoms with Gasteiger partial charge in [0, 0.05) is 17.7 Å². The van der Waals surface area contributed by atoms with E-state index in [4.69, 9.17) is 0 Å². The number of hydrogen-bond acceptors (Lipinski definition) is 3. The normalized spacial score (nSPS) is 12.3. The molecule has 0 amide bonds. The van der Waals surface area contributed by atoms with Gasteiger partial charge in [0.1, 0.15) is 7.14 Å². The van der Waals surface area contributed by atoms with Gasteiger partial charge in [-0.2, -0.15) is 0 Å². The fourth-order valence-corrected chi connectivity index (χ4v) is 3.71. The third kappa shape index (κ3) is 2.25. The molecule has 0 saturated carbocycles. The summed E-state index contributed by atoms with van der Waals surface area (Å²) in [6.07, 6.45) is 3.32. The summed E-state index contributed by atoms with van der Waals surface area (Å²) in [5.74, 6) is 0.338. The molecular weight excluding hydrogens is 231 g/mol. The van der Waals surface area contributed by atoms with E-state index in [2.05, 4.69) is 23.8 Å². The maximum absolute atomic E-state index is 12.5. The number of benzene rings is 1. The second-order valence-corrected chi connectivity index (χ2v) is 8.08. The van der Waals surface area contributed by atoms with Crippen molar-refractivity contribution in [2.24, 2.45) is 0 Å².